The van der Waals surface area contributed by atoms with E-state index < -0.39 is 0 Å². The third kappa shape index (κ3) is 4.75. The van der Waals surface area contributed by atoms with E-state index >= 15 is 0 Å². The van der Waals surface area contributed by atoms with Crippen LogP contribution in [0, 0.1) is 6.92 Å². The topological polar surface area (TPSA) is 61.0 Å². The SMILES string of the molecule is Cc1ccc2[nH]c(-c3ccccc3)nc2c1C(=O)NCCN(C)C.Cl.Cl. The number of rotatable bonds is 5. The quantitative estimate of drug-likeness (QED) is 0.693. The predicted octanol–water partition coefficient (Wildman–Crippen LogP) is 3.67. The van der Waals surface area contributed by atoms with Crippen molar-refractivity contribution in [3.63, 3.8) is 0 Å². The molecular formula is C19H24Cl2N4O. The highest BCUT2D eigenvalue weighted by Crippen LogP contribution is 2.24. The normalized spacial score (nSPS) is 10.3. The molecule has 0 atom stereocenters. The van der Waals surface area contributed by atoms with Crippen molar-refractivity contribution in [2.24, 2.45) is 0 Å². The third-order valence-corrected chi connectivity index (χ3v) is 3.98. The zero-order valence-electron chi connectivity index (χ0n) is 15.1. The number of carbonyl (C=O) groups is 1. The summed E-state index contributed by atoms with van der Waals surface area (Å²) >= 11 is 0. The summed E-state index contributed by atoms with van der Waals surface area (Å²) in [5.41, 5.74) is 4.17. The number of aromatic amines is 1. The lowest BCUT2D eigenvalue weighted by atomic mass is 10.1. The lowest BCUT2D eigenvalue weighted by Gasteiger charge is -2.11. The van der Waals surface area contributed by atoms with Gasteiger partial charge in [-0.1, -0.05) is 36.4 Å². The highest BCUT2D eigenvalue weighted by molar-refractivity contribution is 6.06. The second kappa shape index (κ2) is 9.57. The van der Waals surface area contributed by atoms with Gasteiger partial charge in [0.05, 0.1) is 11.1 Å². The molecule has 3 rings (SSSR count). The van der Waals surface area contributed by atoms with Crippen LogP contribution in [-0.4, -0.2) is 48.0 Å². The Balaban J connectivity index is 0.00000169. The molecule has 1 heterocycles. The molecule has 140 valence electrons. The second-order valence-corrected chi connectivity index (χ2v) is 6.16. The minimum absolute atomic E-state index is 0. The maximum Gasteiger partial charge on any atom is 0.253 e. The average Bonchev–Trinajstić information content (AvgIpc) is 2.99. The Morgan fingerprint density at radius 3 is 2.46 bits per heavy atom. The molecule has 0 aliphatic heterocycles. The van der Waals surface area contributed by atoms with Crippen LogP contribution >= 0.6 is 24.8 Å². The van der Waals surface area contributed by atoms with Crippen LogP contribution in [0.1, 0.15) is 15.9 Å². The van der Waals surface area contributed by atoms with Gasteiger partial charge in [0, 0.05) is 18.7 Å². The van der Waals surface area contributed by atoms with Gasteiger partial charge in [-0.25, -0.2) is 4.98 Å². The van der Waals surface area contributed by atoms with Crippen LogP contribution in [0.25, 0.3) is 22.4 Å². The van der Waals surface area contributed by atoms with Crippen LogP contribution in [-0.2, 0) is 0 Å². The number of likely N-dealkylation sites (N-methyl/N-ethyl adjacent to an activating group) is 1. The molecule has 2 aromatic carbocycles. The van der Waals surface area contributed by atoms with Crippen LogP contribution in [0.15, 0.2) is 42.5 Å². The Bertz CT molecular complexity index is 863. The smallest absolute Gasteiger partial charge is 0.253 e. The van der Waals surface area contributed by atoms with Crippen molar-refractivity contribution in [1.82, 2.24) is 20.2 Å². The van der Waals surface area contributed by atoms with E-state index in [0.717, 1.165) is 34.5 Å². The Hall–Kier alpha value is -2.08. The van der Waals surface area contributed by atoms with E-state index in [9.17, 15) is 4.79 Å². The summed E-state index contributed by atoms with van der Waals surface area (Å²) in [6, 6.07) is 13.9. The number of nitrogens with one attached hydrogen (secondary N) is 2. The number of amides is 1. The maximum absolute atomic E-state index is 12.6. The van der Waals surface area contributed by atoms with Crippen molar-refractivity contribution in [2.45, 2.75) is 6.92 Å². The largest absolute Gasteiger partial charge is 0.351 e. The lowest BCUT2D eigenvalue weighted by Crippen LogP contribution is -2.31. The fraction of sp³-hybridized carbons (Fsp3) is 0.263. The summed E-state index contributed by atoms with van der Waals surface area (Å²) in [5, 5.41) is 2.98. The van der Waals surface area contributed by atoms with E-state index in [4.69, 9.17) is 0 Å². The van der Waals surface area contributed by atoms with Crippen LogP contribution in [0.4, 0.5) is 0 Å². The molecule has 0 radical (unpaired) electrons. The molecule has 0 aliphatic carbocycles. The molecule has 1 aromatic heterocycles. The number of halogens is 2. The zero-order chi connectivity index (χ0) is 17.1. The molecular weight excluding hydrogens is 371 g/mol. The summed E-state index contributed by atoms with van der Waals surface area (Å²) in [6.45, 7) is 3.35. The molecule has 26 heavy (non-hydrogen) atoms. The minimum Gasteiger partial charge on any atom is -0.351 e. The first-order chi connectivity index (χ1) is 11.6. The van der Waals surface area contributed by atoms with E-state index in [-0.39, 0.29) is 30.7 Å². The number of aryl methyl sites for hydroxylation is 1. The van der Waals surface area contributed by atoms with E-state index in [0.29, 0.717) is 12.1 Å². The maximum atomic E-state index is 12.6. The van der Waals surface area contributed by atoms with Gasteiger partial charge in [-0.15, -0.1) is 24.8 Å². The number of carbonyl (C=O) groups excluding carboxylic acids is 1. The molecule has 0 bridgehead atoms. The molecule has 0 aliphatic rings. The Morgan fingerprint density at radius 1 is 1.12 bits per heavy atom. The summed E-state index contributed by atoms with van der Waals surface area (Å²) in [6.07, 6.45) is 0. The molecule has 0 saturated heterocycles. The Morgan fingerprint density at radius 2 is 1.81 bits per heavy atom. The summed E-state index contributed by atoms with van der Waals surface area (Å²) in [5.74, 6) is 0.699. The number of H-pyrrole nitrogens is 1. The number of fused-ring (bicyclic) bond motifs is 1. The summed E-state index contributed by atoms with van der Waals surface area (Å²) in [7, 11) is 3.97. The Kier molecular flexibility index (Phi) is 8.08. The zero-order valence-corrected chi connectivity index (χ0v) is 16.7. The summed E-state index contributed by atoms with van der Waals surface area (Å²) in [4.78, 5) is 22.7. The minimum atomic E-state index is -0.0777. The van der Waals surface area contributed by atoms with Crippen molar-refractivity contribution in [3.05, 3.63) is 53.6 Å². The molecule has 0 unspecified atom stereocenters. The van der Waals surface area contributed by atoms with Crippen LogP contribution < -0.4 is 5.32 Å². The fourth-order valence-electron chi connectivity index (χ4n) is 2.68. The van der Waals surface area contributed by atoms with Crippen LogP contribution in [0.5, 0.6) is 0 Å². The van der Waals surface area contributed by atoms with E-state index in [1.807, 2.05) is 68.4 Å². The molecule has 0 saturated carbocycles. The molecule has 5 nitrogen and oxygen atoms in total. The lowest BCUT2D eigenvalue weighted by molar-refractivity contribution is 0.0952. The number of imidazole rings is 1. The molecule has 7 heteroatoms. The first-order valence-electron chi connectivity index (χ1n) is 8.04. The van der Waals surface area contributed by atoms with Crippen molar-refractivity contribution < 1.29 is 4.79 Å². The van der Waals surface area contributed by atoms with Gasteiger partial charge in [0.1, 0.15) is 11.3 Å². The van der Waals surface area contributed by atoms with Gasteiger partial charge in [-0.2, -0.15) is 0 Å². The highest BCUT2D eigenvalue weighted by atomic mass is 35.5. The van der Waals surface area contributed by atoms with Gasteiger partial charge < -0.3 is 15.2 Å². The van der Waals surface area contributed by atoms with Gasteiger partial charge in [0.2, 0.25) is 0 Å². The van der Waals surface area contributed by atoms with Gasteiger partial charge in [-0.3, -0.25) is 4.79 Å². The second-order valence-electron chi connectivity index (χ2n) is 6.16. The van der Waals surface area contributed by atoms with E-state index in [1.165, 1.54) is 0 Å². The first kappa shape index (κ1) is 22.0. The van der Waals surface area contributed by atoms with Gasteiger partial charge in [-0.05, 0) is 32.6 Å². The molecule has 3 aromatic rings. The van der Waals surface area contributed by atoms with Crippen molar-refractivity contribution >= 4 is 41.8 Å². The Labute approximate surface area is 166 Å². The number of nitrogens with zero attached hydrogens (tertiary/aromatic N) is 2. The molecule has 1 amide bonds. The van der Waals surface area contributed by atoms with Crippen molar-refractivity contribution in [2.75, 3.05) is 27.2 Å². The van der Waals surface area contributed by atoms with Crippen LogP contribution in [0.2, 0.25) is 0 Å². The summed E-state index contributed by atoms with van der Waals surface area (Å²) < 4.78 is 0. The van der Waals surface area contributed by atoms with Gasteiger partial charge in [0.15, 0.2) is 0 Å². The van der Waals surface area contributed by atoms with Crippen molar-refractivity contribution in [1.29, 1.82) is 0 Å². The predicted molar refractivity (Wildman–Crippen MR) is 112 cm³/mol. The number of benzene rings is 2. The molecule has 0 fully saturated rings. The number of aromatic nitrogens is 2. The van der Waals surface area contributed by atoms with Crippen LogP contribution in [0.3, 0.4) is 0 Å². The average molecular weight is 395 g/mol. The number of hydrogen-bond donors (Lipinski definition) is 2. The van der Waals surface area contributed by atoms with Crippen molar-refractivity contribution in [3.8, 4) is 11.4 Å². The van der Waals surface area contributed by atoms with Gasteiger partial charge >= 0.3 is 0 Å². The number of hydrogen-bond acceptors (Lipinski definition) is 3. The third-order valence-electron chi connectivity index (χ3n) is 3.98. The standard InChI is InChI=1S/C19H22N4O.2ClH/c1-13-9-10-15-17(16(13)19(24)20-11-12-23(2)3)22-18(21-15)14-7-5-4-6-8-14;;/h4-10H,11-12H2,1-3H3,(H,20,24)(H,21,22);2*1H. The monoisotopic (exact) mass is 394 g/mol. The molecule has 0 spiro atoms. The van der Waals surface area contributed by atoms with E-state index in [2.05, 4.69) is 15.3 Å². The van der Waals surface area contributed by atoms with Gasteiger partial charge in [0.25, 0.3) is 5.91 Å². The first-order valence-corrected chi connectivity index (χ1v) is 8.04. The highest BCUT2D eigenvalue weighted by Gasteiger charge is 2.17. The molecule has 2 N–H and O–H groups in total. The van der Waals surface area contributed by atoms with E-state index in [1.54, 1.807) is 0 Å². The fourth-order valence-corrected chi connectivity index (χ4v) is 2.68.